The molecule has 60 valence electrons. The van der Waals surface area contributed by atoms with Crippen LogP contribution in [-0.4, -0.2) is 6.21 Å². The molecule has 0 aromatic rings. The topological polar surface area (TPSA) is 12.4 Å². The normalized spacial score (nSPS) is 12.2. The molecule has 0 aromatic heterocycles. The van der Waals surface area contributed by atoms with E-state index in [0.29, 0.717) is 0 Å². The Morgan fingerprint density at radius 2 is 1.70 bits per heavy atom. The van der Waals surface area contributed by atoms with Crippen LogP contribution in [0.1, 0.15) is 27.7 Å². The lowest BCUT2D eigenvalue weighted by Gasteiger charge is -1.87. The minimum Gasteiger partial charge on any atom is -0.253 e. The van der Waals surface area contributed by atoms with Crippen molar-refractivity contribution in [3.05, 3.63) is 9.09 Å². The number of aliphatic imine (C=N–C) groups is 1. The summed E-state index contributed by atoms with van der Waals surface area (Å²) in [5, 5.41) is 0. The molecule has 0 heterocycles. The van der Waals surface area contributed by atoms with E-state index in [0.717, 1.165) is 9.09 Å². The van der Waals surface area contributed by atoms with Gasteiger partial charge in [0, 0.05) is 10.7 Å². The van der Waals surface area contributed by atoms with E-state index in [9.17, 15) is 0 Å². The van der Waals surface area contributed by atoms with Crippen molar-refractivity contribution in [2.75, 3.05) is 0 Å². The van der Waals surface area contributed by atoms with E-state index in [-0.39, 0.29) is 0 Å². The highest BCUT2D eigenvalue weighted by Crippen LogP contribution is 2.17. The molecular formula is C7H13Br2N. The van der Waals surface area contributed by atoms with Gasteiger partial charge in [-0.3, -0.25) is 4.99 Å². The second-order valence-corrected chi connectivity index (χ2v) is 3.15. The molecule has 0 amide bonds. The summed E-state index contributed by atoms with van der Waals surface area (Å²) in [5.74, 6) is 0. The van der Waals surface area contributed by atoms with Crippen LogP contribution >= 0.6 is 31.9 Å². The van der Waals surface area contributed by atoms with Gasteiger partial charge in [0.15, 0.2) is 0 Å². The molecule has 0 spiro atoms. The molecule has 0 fully saturated rings. The molecule has 0 aliphatic rings. The first-order valence-electron chi connectivity index (χ1n) is 3.19. The van der Waals surface area contributed by atoms with Gasteiger partial charge < -0.3 is 0 Å². The van der Waals surface area contributed by atoms with Gasteiger partial charge >= 0.3 is 0 Å². The largest absolute Gasteiger partial charge is 0.253 e. The monoisotopic (exact) mass is 269 g/mol. The smallest absolute Gasteiger partial charge is 0.115 e. The van der Waals surface area contributed by atoms with Crippen molar-refractivity contribution in [2.24, 2.45) is 4.99 Å². The van der Waals surface area contributed by atoms with Crippen LogP contribution in [0, 0.1) is 0 Å². The fourth-order valence-corrected chi connectivity index (χ4v) is 0.509. The highest BCUT2D eigenvalue weighted by Gasteiger charge is 1.86. The van der Waals surface area contributed by atoms with Crippen LogP contribution in [0.25, 0.3) is 0 Å². The van der Waals surface area contributed by atoms with E-state index in [1.54, 1.807) is 6.21 Å². The number of rotatable bonds is 1. The first-order chi connectivity index (χ1) is 4.68. The van der Waals surface area contributed by atoms with Gasteiger partial charge in [-0.05, 0) is 29.8 Å². The maximum Gasteiger partial charge on any atom is 0.115 e. The molecule has 0 aromatic carbocycles. The van der Waals surface area contributed by atoms with Crippen molar-refractivity contribution < 1.29 is 0 Å². The summed E-state index contributed by atoms with van der Waals surface area (Å²) >= 11 is 6.50. The molecule has 0 radical (unpaired) electrons. The summed E-state index contributed by atoms with van der Waals surface area (Å²) < 4.78 is 1.86. The van der Waals surface area contributed by atoms with Crippen molar-refractivity contribution in [3.8, 4) is 0 Å². The summed E-state index contributed by atoms with van der Waals surface area (Å²) in [5.41, 5.74) is 0. The zero-order valence-electron chi connectivity index (χ0n) is 6.78. The minimum absolute atomic E-state index is 0.847. The second-order valence-electron chi connectivity index (χ2n) is 1.21. The quantitative estimate of drug-likeness (QED) is 0.503. The van der Waals surface area contributed by atoms with Crippen LogP contribution in [-0.2, 0) is 0 Å². The van der Waals surface area contributed by atoms with E-state index in [2.05, 4.69) is 36.9 Å². The average Bonchev–Trinajstić information content (AvgIpc) is 1.93. The highest BCUT2D eigenvalue weighted by molar-refractivity contribution is 9.14. The maximum atomic E-state index is 3.95. The number of allylic oxidation sites excluding steroid dienone is 1. The Kier molecular flexibility index (Phi) is 12.2. The van der Waals surface area contributed by atoms with Crippen molar-refractivity contribution in [1.82, 2.24) is 0 Å². The fraction of sp³-hybridized carbons (Fsp3) is 0.571. The predicted octanol–water partition coefficient (Wildman–Crippen LogP) is 4.08. The molecule has 0 unspecified atom stereocenters. The van der Waals surface area contributed by atoms with Crippen LogP contribution in [0.2, 0.25) is 0 Å². The molecule has 0 saturated carbocycles. The number of hydrogen-bond acceptors (Lipinski definition) is 1. The molecule has 0 rings (SSSR count). The average molecular weight is 271 g/mol. The number of hydrogen-bond donors (Lipinski definition) is 0. The molecular weight excluding hydrogens is 258 g/mol. The summed E-state index contributed by atoms with van der Waals surface area (Å²) in [6.07, 6.45) is 1.73. The molecule has 0 atom stereocenters. The fourth-order valence-electron chi connectivity index (χ4n) is 0.202. The highest BCUT2D eigenvalue weighted by atomic mass is 79.9. The number of halogens is 2. The zero-order chi connectivity index (χ0) is 8.57. The van der Waals surface area contributed by atoms with Gasteiger partial charge in [-0.25, -0.2) is 0 Å². The first kappa shape index (κ1) is 13.0. The van der Waals surface area contributed by atoms with Crippen LogP contribution in [0.4, 0.5) is 0 Å². The lowest BCUT2D eigenvalue weighted by Crippen LogP contribution is -1.65. The first-order valence-corrected chi connectivity index (χ1v) is 4.77. The number of nitrogens with zero attached hydrogens (tertiary/aromatic N) is 1. The van der Waals surface area contributed by atoms with Crippen LogP contribution < -0.4 is 0 Å². The predicted molar refractivity (Wildman–Crippen MR) is 56.1 cm³/mol. The second kappa shape index (κ2) is 9.37. The summed E-state index contributed by atoms with van der Waals surface area (Å²) in [6.45, 7) is 7.80. The van der Waals surface area contributed by atoms with Gasteiger partial charge in [0.2, 0.25) is 0 Å². The lowest BCUT2D eigenvalue weighted by molar-refractivity contribution is 1.49. The van der Waals surface area contributed by atoms with E-state index in [4.69, 9.17) is 0 Å². The van der Waals surface area contributed by atoms with E-state index in [1.165, 1.54) is 0 Å². The van der Waals surface area contributed by atoms with Crippen molar-refractivity contribution in [3.63, 3.8) is 0 Å². The Bertz CT molecular complexity index is 124. The minimum atomic E-state index is 0.847. The van der Waals surface area contributed by atoms with Gasteiger partial charge in [-0.1, -0.05) is 29.8 Å². The van der Waals surface area contributed by atoms with Crippen molar-refractivity contribution in [1.29, 1.82) is 0 Å². The molecule has 10 heavy (non-hydrogen) atoms. The molecule has 1 nitrogen and oxygen atoms in total. The summed E-state index contributed by atoms with van der Waals surface area (Å²) in [4.78, 5) is 3.95. The van der Waals surface area contributed by atoms with E-state index in [1.807, 2.05) is 27.7 Å². The molecule has 0 aliphatic carbocycles. The maximum absolute atomic E-state index is 3.95. The Morgan fingerprint density at radius 1 is 1.30 bits per heavy atom. The van der Waals surface area contributed by atoms with Gasteiger partial charge in [0.25, 0.3) is 0 Å². The summed E-state index contributed by atoms with van der Waals surface area (Å²) in [7, 11) is 0. The third-order valence-electron chi connectivity index (χ3n) is 0.527. The molecule has 0 saturated heterocycles. The SMILES string of the molecule is C/C=N\C(Br)=C(/C)Br.CC. The van der Waals surface area contributed by atoms with E-state index < -0.39 is 0 Å². The van der Waals surface area contributed by atoms with Gasteiger partial charge in [0.1, 0.15) is 4.61 Å². The van der Waals surface area contributed by atoms with Gasteiger partial charge in [0.05, 0.1) is 0 Å². The zero-order valence-corrected chi connectivity index (χ0v) is 9.95. The van der Waals surface area contributed by atoms with Crippen LogP contribution in [0.3, 0.4) is 0 Å². The van der Waals surface area contributed by atoms with Gasteiger partial charge in [-0.15, -0.1) is 0 Å². The van der Waals surface area contributed by atoms with E-state index >= 15 is 0 Å². The van der Waals surface area contributed by atoms with Gasteiger partial charge in [-0.2, -0.15) is 0 Å². The standard InChI is InChI=1S/C5H7Br2N.C2H6/c1-3-8-5(7)4(2)6;1-2/h3H,1-2H3;1-2H3/b5-4+,8-3-;. The van der Waals surface area contributed by atoms with Crippen molar-refractivity contribution >= 4 is 38.1 Å². The third-order valence-corrected chi connectivity index (χ3v) is 2.23. The molecule has 0 N–H and O–H groups in total. The molecule has 0 bridgehead atoms. The summed E-state index contributed by atoms with van der Waals surface area (Å²) in [6, 6.07) is 0. The van der Waals surface area contributed by atoms with Crippen LogP contribution in [0.5, 0.6) is 0 Å². The Hall–Kier alpha value is 0.370. The van der Waals surface area contributed by atoms with Crippen molar-refractivity contribution in [2.45, 2.75) is 27.7 Å². The Morgan fingerprint density at radius 3 is 1.80 bits per heavy atom. The third kappa shape index (κ3) is 8.37. The van der Waals surface area contributed by atoms with Crippen LogP contribution in [0.15, 0.2) is 14.1 Å². The Labute approximate surface area is 79.9 Å². The molecule has 0 aliphatic heterocycles. The Balaban J connectivity index is 0. The molecule has 3 heteroatoms. The lowest BCUT2D eigenvalue weighted by atomic mass is 10.7.